The molecule has 1 N–H and O–H groups in total. The summed E-state index contributed by atoms with van der Waals surface area (Å²) in [7, 11) is 0. The monoisotopic (exact) mass is 258 g/mol. The van der Waals surface area contributed by atoms with Crippen molar-refractivity contribution in [2.45, 2.75) is 19.9 Å². The lowest BCUT2D eigenvalue weighted by molar-refractivity contribution is 0.298. The molecule has 4 heteroatoms. The lowest BCUT2D eigenvalue weighted by Gasteiger charge is -2.27. The Morgan fingerprint density at radius 3 is 2.79 bits per heavy atom. The van der Waals surface area contributed by atoms with Gasteiger partial charge in [-0.25, -0.2) is 4.98 Å². The lowest BCUT2D eigenvalue weighted by atomic mass is 10.3. The highest BCUT2D eigenvalue weighted by molar-refractivity contribution is 9.10. The highest BCUT2D eigenvalue weighted by atomic mass is 79.9. The molecule has 0 aliphatic heterocycles. The third kappa shape index (κ3) is 2.69. The van der Waals surface area contributed by atoms with E-state index in [2.05, 4.69) is 39.7 Å². The van der Waals surface area contributed by atoms with Gasteiger partial charge in [0.05, 0.1) is 11.1 Å². The van der Waals surface area contributed by atoms with Gasteiger partial charge >= 0.3 is 0 Å². The molecular weight excluding hydrogens is 244 g/mol. The molecule has 0 radical (unpaired) electrons. The van der Waals surface area contributed by atoms with E-state index in [-0.39, 0.29) is 6.61 Å². The Bertz CT molecular complexity index is 291. The highest BCUT2D eigenvalue weighted by Gasteiger charge is 2.13. The Labute approximate surface area is 92.9 Å². The van der Waals surface area contributed by atoms with Gasteiger partial charge in [-0.05, 0) is 41.9 Å². The van der Waals surface area contributed by atoms with E-state index in [1.807, 2.05) is 12.1 Å². The summed E-state index contributed by atoms with van der Waals surface area (Å²) in [5, 5.41) is 8.95. The van der Waals surface area contributed by atoms with Crippen molar-refractivity contribution in [3.63, 3.8) is 0 Å². The van der Waals surface area contributed by atoms with Crippen LogP contribution in [0.25, 0.3) is 0 Å². The maximum atomic E-state index is 8.95. The Balaban J connectivity index is 2.93. The standard InChI is InChI=1S/C10H15BrN2O/c1-8(2)13(6-7-14)10-9(11)4-3-5-12-10/h3-5,8,14H,6-7H2,1-2H3. The molecule has 0 saturated carbocycles. The van der Waals surface area contributed by atoms with Crippen LogP contribution >= 0.6 is 15.9 Å². The van der Waals surface area contributed by atoms with Crippen molar-refractivity contribution in [3.8, 4) is 0 Å². The number of aliphatic hydroxyl groups excluding tert-OH is 1. The van der Waals surface area contributed by atoms with Gasteiger partial charge in [0, 0.05) is 18.8 Å². The number of hydrogen-bond donors (Lipinski definition) is 1. The molecule has 1 rings (SSSR count). The third-order valence-corrected chi connectivity index (χ3v) is 2.59. The average Bonchev–Trinajstić information content (AvgIpc) is 2.15. The van der Waals surface area contributed by atoms with Crippen LogP contribution in [-0.4, -0.2) is 29.3 Å². The lowest BCUT2D eigenvalue weighted by Crippen LogP contribution is -2.34. The fraction of sp³-hybridized carbons (Fsp3) is 0.500. The van der Waals surface area contributed by atoms with Gasteiger partial charge in [-0.15, -0.1) is 0 Å². The number of aliphatic hydroxyl groups is 1. The van der Waals surface area contributed by atoms with Crippen LogP contribution < -0.4 is 4.90 Å². The van der Waals surface area contributed by atoms with Crippen molar-refractivity contribution < 1.29 is 5.11 Å². The van der Waals surface area contributed by atoms with Gasteiger partial charge in [-0.1, -0.05) is 0 Å². The number of hydrogen-bond acceptors (Lipinski definition) is 3. The Morgan fingerprint density at radius 1 is 1.57 bits per heavy atom. The summed E-state index contributed by atoms with van der Waals surface area (Å²) in [4.78, 5) is 6.35. The molecule has 1 aromatic heterocycles. The van der Waals surface area contributed by atoms with E-state index in [0.717, 1.165) is 10.3 Å². The first kappa shape index (κ1) is 11.5. The number of halogens is 1. The van der Waals surface area contributed by atoms with Gasteiger partial charge in [0.15, 0.2) is 0 Å². The normalized spacial score (nSPS) is 10.6. The summed E-state index contributed by atoms with van der Waals surface area (Å²) in [5.74, 6) is 0.886. The minimum atomic E-state index is 0.140. The molecule has 0 aliphatic rings. The van der Waals surface area contributed by atoms with Crippen LogP contribution in [0.2, 0.25) is 0 Å². The molecule has 0 saturated heterocycles. The molecule has 0 aromatic carbocycles. The van der Waals surface area contributed by atoms with Gasteiger partial charge in [0.2, 0.25) is 0 Å². The largest absolute Gasteiger partial charge is 0.395 e. The minimum absolute atomic E-state index is 0.140. The summed E-state index contributed by atoms with van der Waals surface area (Å²) >= 11 is 3.45. The Morgan fingerprint density at radius 2 is 2.29 bits per heavy atom. The molecule has 0 aliphatic carbocycles. The van der Waals surface area contributed by atoms with E-state index in [9.17, 15) is 0 Å². The highest BCUT2D eigenvalue weighted by Crippen LogP contribution is 2.24. The second kappa shape index (κ2) is 5.32. The fourth-order valence-corrected chi connectivity index (χ4v) is 1.79. The summed E-state index contributed by atoms with van der Waals surface area (Å²) < 4.78 is 0.960. The molecule has 14 heavy (non-hydrogen) atoms. The van der Waals surface area contributed by atoms with Crippen LogP contribution in [0.1, 0.15) is 13.8 Å². The van der Waals surface area contributed by atoms with Crippen molar-refractivity contribution in [1.82, 2.24) is 4.98 Å². The molecule has 0 bridgehead atoms. The van der Waals surface area contributed by atoms with Crippen molar-refractivity contribution in [1.29, 1.82) is 0 Å². The van der Waals surface area contributed by atoms with Gasteiger partial charge in [0.25, 0.3) is 0 Å². The van der Waals surface area contributed by atoms with Crippen LogP contribution in [-0.2, 0) is 0 Å². The molecule has 0 fully saturated rings. The zero-order valence-corrected chi connectivity index (χ0v) is 10.0. The topological polar surface area (TPSA) is 36.4 Å². The number of nitrogens with zero attached hydrogens (tertiary/aromatic N) is 2. The van der Waals surface area contributed by atoms with Crippen LogP contribution in [0.4, 0.5) is 5.82 Å². The zero-order chi connectivity index (χ0) is 10.6. The smallest absolute Gasteiger partial charge is 0.143 e. The first-order valence-corrected chi connectivity index (χ1v) is 5.44. The van der Waals surface area contributed by atoms with Crippen LogP contribution in [0.5, 0.6) is 0 Å². The van der Waals surface area contributed by atoms with Gasteiger partial charge < -0.3 is 10.0 Å². The molecule has 0 atom stereocenters. The van der Waals surface area contributed by atoms with E-state index in [1.165, 1.54) is 0 Å². The predicted octanol–water partition coefficient (Wildman–Crippen LogP) is 2.05. The van der Waals surface area contributed by atoms with Gasteiger partial charge in [0.1, 0.15) is 5.82 Å². The number of anilines is 1. The van der Waals surface area contributed by atoms with Gasteiger partial charge in [-0.2, -0.15) is 0 Å². The summed E-state index contributed by atoms with van der Waals surface area (Å²) in [5.41, 5.74) is 0. The average molecular weight is 259 g/mol. The third-order valence-electron chi connectivity index (χ3n) is 1.98. The Hall–Kier alpha value is -0.610. The minimum Gasteiger partial charge on any atom is -0.395 e. The SMILES string of the molecule is CC(C)N(CCO)c1ncccc1Br. The molecular formula is C10H15BrN2O. The van der Waals surface area contributed by atoms with Crippen LogP contribution in [0, 0.1) is 0 Å². The molecule has 78 valence electrons. The second-order valence-electron chi connectivity index (χ2n) is 3.32. The predicted molar refractivity (Wildman–Crippen MR) is 61.5 cm³/mol. The van der Waals surface area contributed by atoms with E-state index >= 15 is 0 Å². The van der Waals surface area contributed by atoms with Crippen molar-refractivity contribution in [2.75, 3.05) is 18.1 Å². The summed E-state index contributed by atoms with van der Waals surface area (Å²) in [6, 6.07) is 4.16. The molecule has 0 amide bonds. The molecule has 3 nitrogen and oxygen atoms in total. The van der Waals surface area contributed by atoms with E-state index in [4.69, 9.17) is 5.11 Å². The van der Waals surface area contributed by atoms with Crippen molar-refractivity contribution >= 4 is 21.7 Å². The summed E-state index contributed by atoms with van der Waals surface area (Å²) in [6.45, 7) is 4.90. The maximum Gasteiger partial charge on any atom is 0.143 e. The van der Waals surface area contributed by atoms with E-state index in [1.54, 1.807) is 6.20 Å². The molecule has 0 unspecified atom stereocenters. The number of pyridine rings is 1. The maximum absolute atomic E-state index is 8.95. The molecule has 0 spiro atoms. The molecule has 1 heterocycles. The van der Waals surface area contributed by atoms with Gasteiger partial charge in [-0.3, -0.25) is 0 Å². The van der Waals surface area contributed by atoms with E-state index < -0.39 is 0 Å². The fourth-order valence-electron chi connectivity index (χ4n) is 1.31. The first-order chi connectivity index (χ1) is 6.66. The zero-order valence-electron chi connectivity index (χ0n) is 8.44. The first-order valence-electron chi connectivity index (χ1n) is 4.65. The number of rotatable bonds is 4. The molecule has 1 aromatic rings. The quantitative estimate of drug-likeness (QED) is 0.899. The van der Waals surface area contributed by atoms with E-state index in [0.29, 0.717) is 12.6 Å². The van der Waals surface area contributed by atoms with Crippen molar-refractivity contribution in [3.05, 3.63) is 22.8 Å². The Kier molecular flexibility index (Phi) is 4.35. The number of aromatic nitrogens is 1. The second-order valence-corrected chi connectivity index (χ2v) is 4.17. The summed E-state index contributed by atoms with van der Waals surface area (Å²) in [6.07, 6.45) is 1.76. The van der Waals surface area contributed by atoms with Crippen LogP contribution in [0.3, 0.4) is 0 Å². The van der Waals surface area contributed by atoms with Crippen LogP contribution in [0.15, 0.2) is 22.8 Å². The van der Waals surface area contributed by atoms with Crippen molar-refractivity contribution in [2.24, 2.45) is 0 Å².